The zero-order valence-electron chi connectivity index (χ0n) is 13.9. The first-order valence-corrected chi connectivity index (χ1v) is 9.42. The molecule has 6 nitrogen and oxygen atoms in total. The number of hydrogen-bond acceptors (Lipinski definition) is 3. The monoisotopic (exact) mass is 455 g/mol. The smallest absolute Gasteiger partial charge is 0.230 e. The zero-order valence-corrected chi connectivity index (χ0v) is 17.0. The molecule has 26 heavy (non-hydrogen) atoms. The fraction of sp³-hybridized carbons (Fsp3) is 0.235. The second-order valence-corrected chi connectivity index (χ2v) is 7.58. The highest BCUT2D eigenvalue weighted by molar-refractivity contribution is 9.10. The maximum Gasteiger partial charge on any atom is 0.230 e. The topological polar surface area (TPSA) is 64.7 Å². The summed E-state index contributed by atoms with van der Waals surface area (Å²) in [6.07, 6.45) is 5.02. The number of rotatable bonds is 6. The van der Waals surface area contributed by atoms with Crippen LogP contribution in [0.4, 0.5) is 5.82 Å². The Bertz CT molecular complexity index is 924. The Labute approximate surface area is 169 Å². The summed E-state index contributed by atoms with van der Waals surface area (Å²) in [4.78, 5) is 12.4. The number of aromatic nitrogens is 4. The molecule has 1 atom stereocenters. The average molecular weight is 457 g/mol. The van der Waals surface area contributed by atoms with E-state index in [1.807, 2.05) is 31.2 Å². The van der Waals surface area contributed by atoms with Crippen LogP contribution in [0.2, 0.25) is 10.0 Å². The molecule has 1 aromatic carbocycles. The molecule has 2 aromatic heterocycles. The molecule has 136 valence electrons. The Morgan fingerprint density at radius 3 is 2.73 bits per heavy atom. The van der Waals surface area contributed by atoms with Crippen LogP contribution in [-0.2, 0) is 17.9 Å². The Morgan fingerprint density at radius 2 is 2.04 bits per heavy atom. The van der Waals surface area contributed by atoms with Gasteiger partial charge in [0, 0.05) is 17.4 Å². The lowest BCUT2D eigenvalue weighted by Crippen LogP contribution is -2.25. The van der Waals surface area contributed by atoms with Crippen LogP contribution >= 0.6 is 39.1 Å². The number of benzene rings is 1. The van der Waals surface area contributed by atoms with Crippen LogP contribution in [0, 0.1) is 5.92 Å². The van der Waals surface area contributed by atoms with E-state index >= 15 is 0 Å². The number of nitrogens with zero attached hydrogens (tertiary/aromatic N) is 4. The van der Waals surface area contributed by atoms with Crippen LogP contribution < -0.4 is 5.32 Å². The van der Waals surface area contributed by atoms with E-state index < -0.39 is 0 Å². The Kier molecular flexibility index (Phi) is 6.01. The van der Waals surface area contributed by atoms with Crippen molar-refractivity contribution < 1.29 is 4.79 Å². The van der Waals surface area contributed by atoms with Crippen molar-refractivity contribution in [2.75, 3.05) is 5.32 Å². The van der Waals surface area contributed by atoms with Crippen LogP contribution in [0.25, 0.3) is 0 Å². The lowest BCUT2D eigenvalue weighted by Gasteiger charge is -2.11. The Balaban J connectivity index is 1.65. The van der Waals surface area contributed by atoms with Gasteiger partial charge in [0.15, 0.2) is 5.82 Å². The van der Waals surface area contributed by atoms with Crippen molar-refractivity contribution in [2.45, 2.75) is 20.0 Å². The summed E-state index contributed by atoms with van der Waals surface area (Å²) in [7, 11) is 0. The summed E-state index contributed by atoms with van der Waals surface area (Å²) < 4.78 is 4.06. The van der Waals surface area contributed by atoms with Gasteiger partial charge < -0.3 is 5.32 Å². The first-order valence-electron chi connectivity index (χ1n) is 7.87. The van der Waals surface area contributed by atoms with Crippen molar-refractivity contribution in [3.63, 3.8) is 0 Å². The second kappa shape index (κ2) is 8.24. The van der Waals surface area contributed by atoms with Crippen LogP contribution in [0.3, 0.4) is 0 Å². The molecule has 0 aliphatic carbocycles. The van der Waals surface area contributed by atoms with Gasteiger partial charge in [0.2, 0.25) is 5.91 Å². The molecule has 0 spiro atoms. The molecule has 1 amide bonds. The molecule has 0 aliphatic rings. The van der Waals surface area contributed by atoms with Gasteiger partial charge in [-0.05, 0) is 27.6 Å². The van der Waals surface area contributed by atoms with Crippen LogP contribution in [0.5, 0.6) is 0 Å². The number of amides is 1. The van der Waals surface area contributed by atoms with Gasteiger partial charge in [-0.1, -0.05) is 48.3 Å². The lowest BCUT2D eigenvalue weighted by molar-refractivity contribution is -0.119. The largest absolute Gasteiger partial charge is 0.308 e. The summed E-state index contributed by atoms with van der Waals surface area (Å²) in [6, 6.07) is 7.57. The van der Waals surface area contributed by atoms with Gasteiger partial charge in [0.1, 0.15) is 0 Å². The molecule has 3 aromatic rings. The number of carbonyl (C=O) groups excluding carboxylic acids is 1. The summed E-state index contributed by atoms with van der Waals surface area (Å²) in [5, 5.41) is 12.6. The predicted molar refractivity (Wildman–Crippen MR) is 106 cm³/mol. The molecule has 9 heteroatoms. The fourth-order valence-corrected chi connectivity index (χ4v) is 3.17. The van der Waals surface area contributed by atoms with Gasteiger partial charge in [0.25, 0.3) is 0 Å². The normalized spacial score (nSPS) is 12.2. The van der Waals surface area contributed by atoms with Gasteiger partial charge in [-0.15, -0.1) is 0 Å². The van der Waals surface area contributed by atoms with Crippen LogP contribution in [-0.4, -0.2) is 25.5 Å². The van der Waals surface area contributed by atoms with Crippen molar-refractivity contribution in [1.29, 1.82) is 0 Å². The van der Waals surface area contributed by atoms with E-state index in [2.05, 4.69) is 31.4 Å². The first kappa shape index (κ1) is 18.9. The number of halogens is 3. The predicted octanol–water partition coefficient (Wildman–Crippen LogP) is 4.47. The summed E-state index contributed by atoms with van der Waals surface area (Å²) in [5.41, 5.74) is 0.950. The third-order valence-electron chi connectivity index (χ3n) is 3.76. The second-order valence-electron chi connectivity index (χ2n) is 5.89. The van der Waals surface area contributed by atoms with Crippen LogP contribution in [0.1, 0.15) is 12.5 Å². The molecule has 3 rings (SSSR count). The standard InChI is InChI=1S/C17H16BrCl2N5O/c1-11(7-24-9-13(19)6-21-24)17(26)22-16-14(18)10-25(23-16)8-12-4-2-3-5-15(12)20/h2-6,9-11H,7-8H2,1H3,(H,22,23,26). The molecule has 0 fully saturated rings. The van der Waals surface area contributed by atoms with Gasteiger partial charge in [-0.2, -0.15) is 10.2 Å². The lowest BCUT2D eigenvalue weighted by atomic mass is 10.1. The molecular formula is C17H16BrCl2N5O. The summed E-state index contributed by atoms with van der Waals surface area (Å²) in [6.45, 7) is 2.76. The van der Waals surface area contributed by atoms with E-state index in [0.717, 1.165) is 5.56 Å². The minimum absolute atomic E-state index is 0.152. The van der Waals surface area contributed by atoms with E-state index in [1.54, 1.807) is 28.0 Å². The molecule has 0 saturated carbocycles. The van der Waals surface area contributed by atoms with E-state index in [0.29, 0.717) is 33.4 Å². The van der Waals surface area contributed by atoms with Gasteiger partial charge >= 0.3 is 0 Å². The molecule has 1 unspecified atom stereocenters. The van der Waals surface area contributed by atoms with E-state index in [1.165, 1.54) is 0 Å². The number of anilines is 1. The highest BCUT2D eigenvalue weighted by Crippen LogP contribution is 2.23. The highest BCUT2D eigenvalue weighted by atomic mass is 79.9. The quantitative estimate of drug-likeness (QED) is 0.594. The number of hydrogen-bond donors (Lipinski definition) is 1. The van der Waals surface area contributed by atoms with Gasteiger partial charge in [-0.25, -0.2) is 0 Å². The highest BCUT2D eigenvalue weighted by Gasteiger charge is 2.17. The van der Waals surface area contributed by atoms with Crippen molar-refractivity contribution in [1.82, 2.24) is 19.6 Å². The van der Waals surface area contributed by atoms with E-state index in [4.69, 9.17) is 23.2 Å². The number of carbonyl (C=O) groups is 1. The fourth-order valence-electron chi connectivity index (χ4n) is 2.41. The summed E-state index contributed by atoms with van der Waals surface area (Å²) >= 11 is 15.5. The Morgan fingerprint density at radius 1 is 1.27 bits per heavy atom. The zero-order chi connectivity index (χ0) is 18.7. The third-order valence-corrected chi connectivity index (χ3v) is 4.90. The Hall–Kier alpha value is -1.83. The first-order chi connectivity index (χ1) is 12.4. The van der Waals surface area contributed by atoms with E-state index in [9.17, 15) is 4.79 Å². The molecule has 0 aliphatic heterocycles. The summed E-state index contributed by atoms with van der Waals surface area (Å²) in [5.74, 6) is 0.0132. The molecule has 0 radical (unpaired) electrons. The van der Waals surface area contributed by atoms with Crippen molar-refractivity contribution in [2.24, 2.45) is 5.92 Å². The SMILES string of the molecule is CC(Cn1cc(Cl)cn1)C(=O)Nc1nn(Cc2ccccc2Cl)cc1Br. The number of nitrogens with one attached hydrogen (secondary N) is 1. The molecule has 0 bridgehead atoms. The minimum Gasteiger partial charge on any atom is -0.308 e. The third kappa shape index (κ3) is 4.66. The molecule has 0 saturated heterocycles. The van der Waals surface area contributed by atoms with E-state index in [-0.39, 0.29) is 11.8 Å². The molecule has 1 N–H and O–H groups in total. The van der Waals surface area contributed by atoms with Gasteiger partial charge in [0.05, 0.1) is 34.7 Å². The molecular weight excluding hydrogens is 441 g/mol. The van der Waals surface area contributed by atoms with Crippen molar-refractivity contribution >= 4 is 50.9 Å². The maximum atomic E-state index is 12.4. The minimum atomic E-state index is -0.299. The maximum absolute atomic E-state index is 12.4. The van der Waals surface area contributed by atoms with Crippen molar-refractivity contribution in [3.8, 4) is 0 Å². The van der Waals surface area contributed by atoms with Crippen molar-refractivity contribution in [3.05, 3.63) is 62.9 Å². The van der Waals surface area contributed by atoms with Crippen LogP contribution in [0.15, 0.2) is 47.3 Å². The molecule has 2 heterocycles. The van der Waals surface area contributed by atoms with Gasteiger partial charge in [-0.3, -0.25) is 14.2 Å². The average Bonchev–Trinajstić information content (AvgIpc) is 3.15.